The maximum atomic E-state index is 14.1. The minimum Gasteiger partial charge on any atom is -0.310 e. The monoisotopic (exact) mass is 329 g/mol. The van der Waals surface area contributed by atoms with Crippen molar-refractivity contribution in [2.45, 2.75) is 52.5 Å². The van der Waals surface area contributed by atoms with Crippen LogP contribution in [0.2, 0.25) is 0 Å². The molecule has 0 aliphatic heterocycles. The maximum Gasteiger partial charge on any atom is 0.128 e. The molecule has 0 saturated carbocycles. The van der Waals surface area contributed by atoms with E-state index in [1.165, 1.54) is 0 Å². The predicted molar refractivity (Wildman–Crippen MR) is 83.8 cm³/mol. The van der Waals surface area contributed by atoms with Crippen LogP contribution in [0.3, 0.4) is 0 Å². The number of hydrogen-bond acceptors (Lipinski definition) is 1. The van der Waals surface area contributed by atoms with Gasteiger partial charge in [0.05, 0.1) is 0 Å². The van der Waals surface area contributed by atoms with Crippen molar-refractivity contribution in [3.63, 3.8) is 0 Å². The third-order valence-corrected chi connectivity index (χ3v) is 4.00. The van der Waals surface area contributed by atoms with E-state index in [1.807, 2.05) is 6.07 Å². The second-order valence-electron chi connectivity index (χ2n) is 5.04. The molecule has 0 saturated heterocycles. The van der Waals surface area contributed by atoms with E-state index < -0.39 is 0 Å². The first kappa shape index (κ1) is 16.6. The normalized spacial score (nSPS) is 12.9. The van der Waals surface area contributed by atoms with Gasteiger partial charge in [0, 0.05) is 16.1 Å². The largest absolute Gasteiger partial charge is 0.310 e. The fourth-order valence-electron chi connectivity index (χ4n) is 2.72. The van der Waals surface area contributed by atoms with Crippen LogP contribution in [0, 0.1) is 11.7 Å². The Morgan fingerprint density at radius 1 is 1.16 bits per heavy atom. The zero-order valence-electron chi connectivity index (χ0n) is 12.2. The summed E-state index contributed by atoms with van der Waals surface area (Å²) in [5.74, 6) is 0.394. The molecule has 1 aromatic carbocycles. The molecule has 0 spiro atoms. The summed E-state index contributed by atoms with van der Waals surface area (Å²) in [5.41, 5.74) is 0.795. The van der Waals surface area contributed by atoms with Crippen LogP contribution >= 0.6 is 15.9 Å². The summed E-state index contributed by atoms with van der Waals surface area (Å²) in [5, 5.41) is 3.48. The number of hydrogen-bond donors (Lipinski definition) is 1. The Labute approximate surface area is 125 Å². The summed E-state index contributed by atoms with van der Waals surface area (Å²) < 4.78 is 15.1. The Kier molecular flexibility index (Phi) is 7.62. The molecule has 1 aromatic rings. The number of benzene rings is 1. The van der Waals surface area contributed by atoms with Gasteiger partial charge in [-0.2, -0.15) is 0 Å². The number of rotatable bonds is 8. The Hall–Kier alpha value is -0.410. The summed E-state index contributed by atoms with van der Waals surface area (Å²) in [4.78, 5) is 0. The average Bonchev–Trinajstić information content (AvgIpc) is 2.39. The summed E-state index contributed by atoms with van der Waals surface area (Å²) in [6, 6.07) is 5.35. The van der Waals surface area contributed by atoms with E-state index in [-0.39, 0.29) is 11.9 Å². The molecule has 1 unspecified atom stereocenters. The summed E-state index contributed by atoms with van der Waals surface area (Å²) in [6.07, 6.45) is 4.55. The lowest BCUT2D eigenvalue weighted by atomic mass is 9.86. The quantitative estimate of drug-likeness (QED) is 0.668. The van der Waals surface area contributed by atoms with Gasteiger partial charge < -0.3 is 5.32 Å². The van der Waals surface area contributed by atoms with Gasteiger partial charge in [-0.05, 0) is 43.5 Å². The molecule has 19 heavy (non-hydrogen) atoms. The standard InChI is InChI=1S/C16H25BrFN/c1-4-7-12(8-5-2)16(19-6-3)14-11-13(17)9-10-15(14)18/h9-12,16,19H,4-8H2,1-3H3. The molecule has 0 fully saturated rings. The van der Waals surface area contributed by atoms with Gasteiger partial charge in [-0.1, -0.05) is 49.5 Å². The third-order valence-electron chi connectivity index (χ3n) is 3.51. The van der Waals surface area contributed by atoms with Gasteiger partial charge >= 0.3 is 0 Å². The summed E-state index contributed by atoms with van der Waals surface area (Å²) in [7, 11) is 0. The molecule has 1 nitrogen and oxygen atoms in total. The Bertz CT molecular complexity index is 375. The van der Waals surface area contributed by atoms with Crippen LogP contribution in [0.15, 0.2) is 22.7 Å². The molecular formula is C16H25BrFN. The molecule has 1 N–H and O–H groups in total. The molecule has 3 heteroatoms. The summed E-state index contributed by atoms with van der Waals surface area (Å²) in [6.45, 7) is 7.34. The van der Waals surface area contributed by atoms with Crippen molar-refractivity contribution in [2.75, 3.05) is 6.54 Å². The molecule has 0 amide bonds. The molecule has 0 heterocycles. The highest BCUT2D eigenvalue weighted by Crippen LogP contribution is 2.32. The van der Waals surface area contributed by atoms with Gasteiger partial charge in [0.1, 0.15) is 5.82 Å². The second-order valence-corrected chi connectivity index (χ2v) is 5.95. The van der Waals surface area contributed by atoms with Gasteiger partial charge in [0.15, 0.2) is 0 Å². The first-order valence-corrected chi connectivity index (χ1v) is 8.11. The molecule has 0 aliphatic carbocycles. The van der Waals surface area contributed by atoms with Crippen LogP contribution in [-0.4, -0.2) is 6.54 Å². The van der Waals surface area contributed by atoms with E-state index in [2.05, 4.69) is 42.0 Å². The van der Waals surface area contributed by atoms with Gasteiger partial charge in [-0.25, -0.2) is 4.39 Å². The van der Waals surface area contributed by atoms with Crippen LogP contribution in [0.1, 0.15) is 58.1 Å². The van der Waals surface area contributed by atoms with Crippen molar-refractivity contribution in [1.82, 2.24) is 5.32 Å². The highest BCUT2D eigenvalue weighted by molar-refractivity contribution is 9.10. The molecule has 0 bridgehead atoms. The Morgan fingerprint density at radius 3 is 2.32 bits per heavy atom. The topological polar surface area (TPSA) is 12.0 Å². The zero-order valence-corrected chi connectivity index (χ0v) is 13.8. The van der Waals surface area contributed by atoms with E-state index >= 15 is 0 Å². The highest BCUT2D eigenvalue weighted by Gasteiger charge is 2.23. The molecule has 0 aliphatic rings. The third kappa shape index (κ3) is 4.88. The molecule has 1 rings (SSSR count). The lowest BCUT2D eigenvalue weighted by molar-refractivity contribution is 0.313. The first-order valence-electron chi connectivity index (χ1n) is 7.32. The van der Waals surface area contributed by atoms with Crippen molar-refractivity contribution >= 4 is 15.9 Å². The predicted octanol–water partition coefficient (Wildman–Crippen LogP) is 5.46. The van der Waals surface area contributed by atoms with Crippen molar-refractivity contribution in [3.8, 4) is 0 Å². The van der Waals surface area contributed by atoms with Gasteiger partial charge in [-0.15, -0.1) is 0 Å². The minimum absolute atomic E-state index is 0.105. The fourth-order valence-corrected chi connectivity index (χ4v) is 3.10. The van der Waals surface area contributed by atoms with Crippen LogP contribution in [-0.2, 0) is 0 Å². The van der Waals surface area contributed by atoms with Crippen LogP contribution in [0.25, 0.3) is 0 Å². The van der Waals surface area contributed by atoms with E-state index in [4.69, 9.17) is 0 Å². The molecule has 1 atom stereocenters. The van der Waals surface area contributed by atoms with Crippen LogP contribution in [0.4, 0.5) is 4.39 Å². The number of halogens is 2. The van der Waals surface area contributed by atoms with Crippen molar-refractivity contribution < 1.29 is 4.39 Å². The highest BCUT2D eigenvalue weighted by atomic mass is 79.9. The lowest BCUT2D eigenvalue weighted by Gasteiger charge is -2.28. The second kappa shape index (κ2) is 8.70. The average molecular weight is 330 g/mol. The van der Waals surface area contributed by atoms with E-state index in [0.717, 1.165) is 42.3 Å². The van der Waals surface area contributed by atoms with Crippen molar-refractivity contribution in [1.29, 1.82) is 0 Å². The van der Waals surface area contributed by atoms with Crippen molar-refractivity contribution in [2.24, 2.45) is 5.92 Å². The first-order chi connectivity index (χ1) is 9.13. The summed E-state index contributed by atoms with van der Waals surface area (Å²) >= 11 is 3.45. The van der Waals surface area contributed by atoms with Gasteiger partial charge in [-0.3, -0.25) is 0 Å². The van der Waals surface area contributed by atoms with Crippen LogP contribution in [0.5, 0.6) is 0 Å². The zero-order chi connectivity index (χ0) is 14.3. The maximum absolute atomic E-state index is 14.1. The smallest absolute Gasteiger partial charge is 0.128 e. The van der Waals surface area contributed by atoms with Crippen LogP contribution < -0.4 is 5.32 Å². The Morgan fingerprint density at radius 2 is 1.79 bits per heavy atom. The van der Waals surface area contributed by atoms with E-state index in [9.17, 15) is 4.39 Å². The molecule has 0 radical (unpaired) electrons. The molecular weight excluding hydrogens is 305 g/mol. The van der Waals surface area contributed by atoms with E-state index in [1.54, 1.807) is 12.1 Å². The van der Waals surface area contributed by atoms with Gasteiger partial charge in [0.25, 0.3) is 0 Å². The van der Waals surface area contributed by atoms with Gasteiger partial charge in [0.2, 0.25) is 0 Å². The molecule has 108 valence electrons. The minimum atomic E-state index is -0.105. The fraction of sp³-hybridized carbons (Fsp3) is 0.625. The SMILES string of the molecule is CCCC(CCC)C(NCC)c1cc(Br)ccc1F. The van der Waals surface area contributed by atoms with E-state index in [0.29, 0.717) is 5.92 Å². The Balaban J connectivity index is 3.05. The van der Waals surface area contributed by atoms with Crippen molar-refractivity contribution in [3.05, 3.63) is 34.1 Å². The molecule has 0 aromatic heterocycles. The number of nitrogens with one attached hydrogen (secondary N) is 1. The lowest BCUT2D eigenvalue weighted by Crippen LogP contribution is -2.29.